The summed E-state index contributed by atoms with van der Waals surface area (Å²) >= 11 is 5.23. The number of hydrogen-bond donors (Lipinski definition) is 0. The van der Waals surface area contributed by atoms with Crippen molar-refractivity contribution in [1.82, 2.24) is 0 Å². The van der Waals surface area contributed by atoms with Gasteiger partial charge in [0.05, 0.1) is 0 Å². The van der Waals surface area contributed by atoms with Crippen LogP contribution in [0.15, 0.2) is 70.5 Å². The molecule has 2 aromatic carbocycles. The Morgan fingerprint density at radius 3 is 1.78 bits per heavy atom. The van der Waals surface area contributed by atoms with Crippen molar-refractivity contribution in [2.75, 3.05) is 0 Å². The summed E-state index contributed by atoms with van der Waals surface area (Å²) in [7, 11) is 0. The molecule has 0 nitrogen and oxygen atoms in total. The van der Waals surface area contributed by atoms with Gasteiger partial charge < -0.3 is 0 Å². The number of hydrogen-bond acceptors (Lipinski definition) is 1. The number of thiophene rings is 1. The summed E-state index contributed by atoms with van der Waals surface area (Å²) in [6, 6.07) is 21.4. The Bertz CT molecular complexity index is 622. The maximum Gasteiger partial charge on any atom is 0.0342 e. The zero-order valence-electron chi connectivity index (χ0n) is 9.64. The second-order valence-corrected chi connectivity index (χ2v) is 5.92. The summed E-state index contributed by atoms with van der Waals surface area (Å²) < 4.78 is 1.11. The van der Waals surface area contributed by atoms with E-state index < -0.39 is 0 Å². The molecule has 0 bridgehead atoms. The number of benzene rings is 2. The number of halogens is 1. The van der Waals surface area contributed by atoms with Gasteiger partial charge in [-0.1, -0.05) is 58.4 Å². The first-order valence-corrected chi connectivity index (χ1v) is 7.40. The average Bonchev–Trinajstić information content (AvgIpc) is 2.94. The van der Waals surface area contributed by atoms with Crippen molar-refractivity contribution in [3.63, 3.8) is 0 Å². The SMILES string of the molecule is Brc1ccc(-c2ccc(-c3cccs3)cc2)cc1. The highest BCUT2D eigenvalue weighted by molar-refractivity contribution is 9.10. The number of rotatable bonds is 2. The zero-order chi connectivity index (χ0) is 12.4. The molecule has 3 rings (SSSR count). The third-order valence-corrected chi connectivity index (χ3v) is 4.32. The van der Waals surface area contributed by atoms with Gasteiger partial charge in [-0.05, 0) is 40.3 Å². The van der Waals surface area contributed by atoms with Gasteiger partial charge in [0.2, 0.25) is 0 Å². The molecule has 0 aliphatic rings. The van der Waals surface area contributed by atoms with Gasteiger partial charge in [-0.2, -0.15) is 0 Å². The van der Waals surface area contributed by atoms with E-state index in [1.807, 2.05) is 0 Å². The molecule has 0 radical (unpaired) electrons. The fourth-order valence-electron chi connectivity index (χ4n) is 1.91. The van der Waals surface area contributed by atoms with E-state index in [1.165, 1.54) is 21.6 Å². The first-order chi connectivity index (χ1) is 8.83. The van der Waals surface area contributed by atoms with Crippen LogP contribution in [0.3, 0.4) is 0 Å². The van der Waals surface area contributed by atoms with Gasteiger partial charge in [0.25, 0.3) is 0 Å². The quantitative estimate of drug-likeness (QED) is 0.557. The molecule has 0 atom stereocenters. The van der Waals surface area contributed by atoms with Gasteiger partial charge >= 0.3 is 0 Å². The molecule has 18 heavy (non-hydrogen) atoms. The van der Waals surface area contributed by atoms with Crippen LogP contribution in [0.5, 0.6) is 0 Å². The van der Waals surface area contributed by atoms with E-state index in [9.17, 15) is 0 Å². The van der Waals surface area contributed by atoms with Crippen LogP contribution in [-0.4, -0.2) is 0 Å². The van der Waals surface area contributed by atoms with Gasteiger partial charge in [-0.3, -0.25) is 0 Å². The molecular weight excluding hydrogens is 304 g/mol. The van der Waals surface area contributed by atoms with Gasteiger partial charge in [0, 0.05) is 9.35 Å². The molecule has 88 valence electrons. The Hall–Kier alpha value is -1.38. The monoisotopic (exact) mass is 314 g/mol. The van der Waals surface area contributed by atoms with Crippen LogP contribution in [0.4, 0.5) is 0 Å². The highest BCUT2D eigenvalue weighted by Gasteiger charge is 2.00. The summed E-state index contributed by atoms with van der Waals surface area (Å²) in [5.41, 5.74) is 3.78. The van der Waals surface area contributed by atoms with Gasteiger partial charge in [0.1, 0.15) is 0 Å². The molecule has 0 amide bonds. The van der Waals surface area contributed by atoms with E-state index in [1.54, 1.807) is 11.3 Å². The zero-order valence-corrected chi connectivity index (χ0v) is 12.0. The van der Waals surface area contributed by atoms with Crippen LogP contribution in [-0.2, 0) is 0 Å². The highest BCUT2D eigenvalue weighted by Crippen LogP contribution is 2.28. The van der Waals surface area contributed by atoms with Crippen molar-refractivity contribution in [2.45, 2.75) is 0 Å². The van der Waals surface area contributed by atoms with Crippen LogP contribution in [0, 0.1) is 0 Å². The highest BCUT2D eigenvalue weighted by atomic mass is 79.9. The summed E-state index contributed by atoms with van der Waals surface area (Å²) in [5.74, 6) is 0. The lowest BCUT2D eigenvalue weighted by Crippen LogP contribution is -1.78. The minimum absolute atomic E-state index is 1.11. The van der Waals surface area contributed by atoms with Crippen LogP contribution in [0.1, 0.15) is 0 Å². The standard InChI is InChI=1S/C16H11BrS/c17-15-9-7-13(8-10-15)12-3-5-14(6-4-12)16-2-1-11-18-16/h1-11H. The van der Waals surface area contributed by atoms with Crippen molar-refractivity contribution >= 4 is 27.3 Å². The Morgan fingerprint density at radius 1 is 0.667 bits per heavy atom. The Labute approximate surface area is 119 Å². The second-order valence-electron chi connectivity index (χ2n) is 4.06. The Kier molecular flexibility index (Phi) is 3.31. The summed E-state index contributed by atoms with van der Waals surface area (Å²) in [6.07, 6.45) is 0. The first kappa shape index (κ1) is 11.7. The normalized spacial score (nSPS) is 10.5. The van der Waals surface area contributed by atoms with Crippen molar-refractivity contribution in [3.8, 4) is 21.6 Å². The first-order valence-electron chi connectivity index (χ1n) is 5.73. The summed E-state index contributed by atoms with van der Waals surface area (Å²) in [6.45, 7) is 0. The van der Waals surface area contributed by atoms with Crippen LogP contribution >= 0.6 is 27.3 Å². The van der Waals surface area contributed by atoms with E-state index in [4.69, 9.17) is 0 Å². The van der Waals surface area contributed by atoms with E-state index in [2.05, 4.69) is 82.0 Å². The molecule has 2 heteroatoms. The maximum absolute atomic E-state index is 3.46. The minimum atomic E-state index is 1.11. The maximum atomic E-state index is 3.46. The smallest absolute Gasteiger partial charge is 0.0342 e. The van der Waals surface area contributed by atoms with Gasteiger partial charge in [-0.15, -0.1) is 11.3 Å². The largest absolute Gasteiger partial charge is 0.144 e. The molecular formula is C16H11BrS. The Balaban J connectivity index is 1.94. The van der Waals surface area contributed by atoms with Crippen molar-refractivity contribution < 1.29 is 0 Å². The van der Waals surface area contributed by atoms with Gasteiger partial charge in [-0.25, -0.2) is 0 Å². The second kappa shape index (κ2) is 5.09. The van der Waals surface area contributed by atoms with Crippen molar-refractivity contribution in [2.24, 2.45) is 0 Å². The summed E-state index contributed by atoms with van der Waals surface area (Å²) in [4.78, 5) is 1.32. The molecule has 0 spiro atoms. The topological polar surface area (TPSA) is 0 Å². The Morgan fingerprint density at radius 2 is 1.22 bits per heavy atom. The third kappa shape index (κ3) is 2.40. The molecule has 0 saturated heterocycles. The molecule has 0 aliphatic carbocycles. The average molecular weight is 315 g/mol. The molecule has 0 N–H and O–H groups in total. The summed E-state index contributed by atoms with van der Waals surface area (Å²) in [5, 5.41) is 2.11. The molecule has 0 saturated carbocycles. The predicted molar refractivity (Wildman–Crippen MR) is 82.9 cm³/mol. The lowest BCUT2D eigenvalue weighted by molar-refractivity contribution is 1.59. The molecule has 1 aromatic heterocycles. The fraction of sp³-hybridized carbons (Fsp3) is 0. The molecule has 1 heterocycles. The molecule has 0 fully saturated rings. The van der Waals surface area contributed by atoms with Crippen LogP contribution in [0.2, 0.25) is 0 Å². The van der Waals surface area contributed by atoms with Crippen LogP contribution in [0.25, 0.3) is 21.6 Å². The van der Waals surface area contributed by atoms with Crippen molar-refractivity contribution in [3.05, 3.63) is 70.5 Å². The van der Waals surface area contributed by atoms with E-state index >= 15 is 0 Å². The minimum Gasteiger partial charge on any atom is -0.144 e. The molecule has 3 aromatic rings. The van der Waals surface area contributed by atoms with Gasteiger partial charge in [0.15, 0.2) is 0 Å². The van der Waals surface area contributed by atoms with E-state index in [0.29, 0.717) is 0 Å². The molecule has 0 unspecified atom stereocenters. The predicted octanol–water partition coefficient (Wildman–Crippen LogP) is 5.84. The van der Waals surface area contributed by atoms with Crippen molar-refractivity contribution in [1.29, 1.82) is 0 Å². The molecule has 0 aliphatic heterocycles. The lowest BCUT2D eigenvalue weighted by Gasteiger charge is -2.03. The lowest BCUT2D eigenvalue weighted by atomic mass is 10.0. The van der Waals surface area contributed by atoms with E-state index in [0.717, 1.165) is 4.47 Å². The van der Waals surface area contributed by atoms with Crippen LogP contribution < -0.4 is 0 Å². The third-order valence-electron chi connectivity index (χ3n) is 2.87. The van der Waals surface area contributed by atoms with E-state index in [-0.39, 0.29) is 0 Å². The fourth-order valence-corrected chi connectivity index (χ4v) is 2.91.